The number of phenolic OH excluding ortho intramolecular Hbond substituents is 2. The van der Waals surface area contributed by atoms with E-state index in [1.165, 1.54) is 0 Å². The van der Waals surface area contributed by atoms with Crippen molar-refractivity contribution in [3.8, 4) is 17.2 Å². The second kappa shape index (κ2) is 6.67. The van der Waals surface area contributed by atoms with Crippen LogP contribution in [-0.4, -0.2) is 34.2 Å². The number of carbonyl (C=O) groups is 1. The van der Waals surface area contributed by atoms with Gasteiger partial charge in [-0.25, -0.2) is 0 Å². The molecule has 1 amide bonds. The Morgan fingerprint density at radius 1 is 1.20 bits per heavy atom. The number of phenols is 2. The lowest BCUT2D eigenvalue weighted by Crippen LogP contribution is -2.33. The van der Waals surface area contributed by atoms with E-state index in [0.717, 1.165) is 16.7 Å². The molecule has 0 bridgehead atoms. The summed E-state index contributed by atoms with van der Waals surface area (Å²) in [5, 5.41) is 19.8. The Morgan fingerprint density at radius 2 is 1.96 bits per heavy atom. The summed E-state index contributed by atoms with van der Waals surface area (Å²) in [5.41, 5.74) is 2.88. The molecule has 3 rings (SSSR count). The molecular formula is C20H23NO4. The average Bonchev–Trinajstić information content (AvgIpc) is 2.75. The summed E-state index contributed by atoms with van der Waals surface area (Å²) >= 11 is 0. The molecule has 0 spiro atoms. The van der Waals surface area contributed by atoms with Crippen molar-refractivity contribution in [2.24, 2.45) is 0 Å². The Balaban J connectivity index is 1.94. The lowest BCUT2D eigenvalue weighted by Gasteiger charge is -2.22. The van der Waals surface area contributed by atoms with Gasteiger partial charge in [0.05, 0.1) is 6.54 Å². The van der Waals surface area contributed by atoms with E-state index in [1.54, 1.807) is 35.2 Å². The van der Waals surface area contributed by atoms with Gasteiger partial charge in [-0.2, -0.15) is 0 Å². The number of aryl methyl sites for hydroxylation is 1. The molecule has 2 aromatic rings. The number of fused-ring (bicyclic) bond motifs is 1. The first-order chi connectivity index (χ1) is 11.9. The Hall–Kier alpha value is -2.69. The predicted molar refractivity (Wildman–Crippen MR) is 95.3 cm³/mol. The van der Waals surface area contributed by atoms with Crippen LogP contribution >= 0.6 is 0 Å². The average molecular weight is 341 g/mol. The van der Waals surface area contributed by atoms with E-state index in [1.807, 2.05) is 20.8 Å². The van der Waals surface area contributed by atoms with Crippen LogP contribution in [0.5, 0.6) is 17.2 Å². The number of hydrogen-bond donors (Lipinski definition) is 2. The molecule has 0 radical (unpaired) electrons. The van der Waals surface area contributed by atoms with Crippen molar-refractivity contribution >= 4 is 5.91 Å². The molecule has 2 aromatic carbocycles. The minimum absolute atomic E-state index is 0.0980. The fraction of sp³-hybridized carbons (Fsp3) is 0.350. The maximum absolute atomic E-state index is 13.1. The molecular weight excluding hydrogens is 318 g/mol. The smallest absolute Gasteiger partial charge is 0.254 e. The van der Waals surface area contributed by atoms with Gasteiger partial charge in [0.15, 0.2) is 0 Å². The van der Waals surface area contributed by atoms with Crippen molar-refractivity contribution in [1.82, 2.24) is 4.90 Å². The van der Waals surface area contributed by atoms with Crippen molar-refractivity contribution in [2.45, 2.75) is 33.2 Å². The summed E-state index contributed by atoms with van der Waals surface area (Å²) in [6, 6.07) is 8.37. The second-order valence-electron chi connectivity index (χ2n) is 6.75. The van der Waals surface area contributed by atoms with Crippen LogP contribution in [0.3, 0.4) is 0 Å². The van der Waals surface area contributed by atoms with E-state index in [4.69, 9.17) is 4.74 Å². The van der Waals surface area contributed by atoms with Crippen molar-refractivity contribution in [1.29, 1.82) is 0 Å². The lowest BCUT2D eigenvalue weighted by molar-refractivity contribution is 0.0732. The van der Waals surface area contributed by atoms with Gasteiger partial charge in [-0.05, 0) is 54.3 Å². The van der Waals surface area contributed by atoms with Gasteiger partial charge in [-0.1, -0.05) is 13.8 Å². The molecule has 0 saturated carbocycles. The van der Waals surface area contributed by atoms with Gasteiger partial charge in [0, 0.05) is 17.7 Å². The molecule has 2 N–H and O–H groups in total. The van der Waals surface area contributed by atoms with Gasteiger partial charge >= 0.3 is 0 Å². The first-order valence-corrected chi connectivity index (χ1v) is 8.44. The van der Waals surface area contributed by atoms with Crippen LogP contribution in [0.1, 0.15) is 46.8 Å². The van der Waals surface area contributed by atoms with Crippen molar-refractivity contribution in [3.05, 3.63) is 52.6 Å². The summed E-state index contributed by atoms with van der Waals surface area (Å²) in [6.45, 7) is 7.03. The molecule has 1 aliphatic rings. The summed E-state index contributed by atoms with van der Waals surface area (Å²) < 4.78 is 5.69. The number of ether oxygens (including phenoxy) is 1. The number of nitrogens with zero attached hydrogens (tertiary/aromatic N) is 1. The molecule has 1 aliphatic heterocycles. The topological polar surface area (TPSA) is 70.0 Å². The van der Waals surface area contributed by atoms with Gasteiger partial charge in [0.2, 0.25) is 0 Å². The predicted octanol–water partition coefficient (Wildman–Crippen LogP) is 3.56. The maximum atomic E-state index is 13.1. The van der Waals surface area contributed by atoms with Crippen LogP contribution in [0.15, 0.2) is 30.3 Å². The Kier molecular flexibility index (Phi) is 4.57. The highest BCUT2D eigenvalue weighted by Gasteiger charge is 2.24. The number of amides is 1. The van der Waals surface area contributed by atoms with Crippen LogP contribution in [0.4, 0.5) is 0 Å². The molecule has 132 valence electrons. The summed E-state index contributed by atoms with van der Waals surface area (Å²) in [5.74, 6) is 1.09. The van der Waals surface area contributed by atoms with Crippen LogP contribution in [0.25, 0.3) is 0 Å². The summed E-state index contributed by atoms with van der Waals surface area (Å²) in [7, 11) is 0. The molecule has 0 aromatic heterocycles. The van der Waals surface area contributed by atoms with E-state index in [0.29, 0.717) is 31.0 Å². The standard InChI is InChI=1S/C20H23NO4/c1-12(2)16-10-17(13(3)8-18(16)23)20(24)21-6-7-25-19-5-4-15(22)9-14(19)11-21/h4-5,8-10,12,22-23H,6-7,11H2,1-3H3. The maximum Gasteiger partial charge on any atom is 0.254 e. The zero-order valence-corrected chi connectivity index (χ0v) is 14.7. The summed E-state index contributed by atoms with van der Waals surface area (Å²) in [6.07, 6.45) is 0. The number of aromatic hydroxyl groups is 2. The Bertz CT molecular complexity index is 814. The first kappa shape index (κ1) is 17.1. The molecule has 25 heavy (non-hydrogen) atoms. The fourth-order valence-electron chi connectivity index (χ4n) is 3.13. The molecule has 0 atom stereocenters. The zero-order chi connectivity index (χ0) is 18.1. The number of carbonyl (C=O) groups excluding carboxylic acids is 1. The van der Waals surface area contributed by atoms with Crippen molar-refractivity contribution in [3.63, 3.8) is 0 Å². The molecule has 0 fully saturated rings. The largest absolute Gasteiger partial charge is 0.508 e. The Morgan fingerprint density at radius 3 is 2.68 bits per heavy atom. The van der Waals surface area contributed by atoms with E-state index < -0.39 is 0 Å². The van der Waals surface area contributed by atoms with E-state index >= 15 is 0 Å². The molecule has 5 heteroatoms. The fourth-order valence-corrected chi connectivity index (χ4v) is 3.13. The van der Waals surface area contributed by atoms with Gasteiger partial charge in [0.25, 0.3) is 5.91 Å². The molecule has 0 saturated heterocycles. The van der Waals surface area contributed by atoms with Crippen LogP contribution in [0, 0.1) is 6.92 Å². The van der Waals surface area contributed by atoms with Crippen LogP contribution < -0.4 is 4.74 Å². The van der Waals surface area contributed by atoms with Crippen molar-refractivity contribution in [2.75, 3.05) is 13.2 Å². The molecule has 0 aliphatic carbocycles. The minimum atomic E-state index is -0.0980. The van der Waals surface area contributed by atoms with Crippen LogP contribution in [-0.2, 0) is 6.54 Å². The molecule has 0 unspecified atom stereocenters. The normalized spacial score (nSPS) is 14.0. The highest BCUT2D eigenvalue weighted by atomic mass is 16.5. The first-order valence-electron chi connectivity index (χ1n) is 8.44. The third-order valence-electron chi connectivity index (χ3n) is 4.54. The monoisotopic (exact) mass is 341 g/mol. The third kappa shape index (κ3) is 3.40. The SMILES string of the molecule is Cc1cc(O)c(C(C)C)cc1C(=O)N1CCOc2ccc(O)cc2C1. The second-order valence-corrected chi connectivity index (χ2v) is 6.75. The zero-order valence-electron chi connectivity index (χ0n) is 14.7. The molecule has 1 heterocycles. The Labute approximate surface area is 147 Å². The van der Waals surface area contributed by atoms with Gasteiger partial charge in [0.1, 0.15) is 23.9 Å². The highest BCUT2D eigenvalue weighted by Crippen LogP contribution is 2.31. The van der Waals surface area contributed by atoms with E-state index in [9.17, 15) is 15.0 Å². The number of benzene rings is 2. The van der Waals surface area contributed by atoms with E-state index in [-0.39, 0.29) is 23.3 Å². The van der Waals surface area contributed by atoms with Gasteiger partial charge in [-0.3, -0.25) is 4.79 Å². The minimum Gasteiger partial charge on any atom is -0.508 e. The number of rotatable bonds is 2. The lowest BCUT2D eigenvalue weighted by atomic mass is 9.96. The number of hydrogen-bond acceptors (Lipinski definition) is 4. The van der Waals surface area contributed by atoms with E-state index in [2.05, 4.69) is 0 Å². The quantitative estimate of drug-likeness (QED) is 0.876. The third-order valence-corrected chi connectivity index (χ3v) is 4.54. The van der Waals surface area contributed by atoms with Crippen LogP contribution in [0.2, 0.25) is 0 Å². The molecule has 5 nitrogen and oxygen atoms in total. The highest BCUT2D eigenvalue weighted by molar-refractivity contribution is 5.96. The van der Waals surface area contributed by atoms with Gasteiger partial charge < -0.3 is 19.8 Å². The van der Waals surface area contributed by atoms with Crippen molar-refractivity contribution < 1.29 is 19.7 Å². The summed E-state index contributed by atoms with van der Waals surface area (Å²) in [4.78, 5) is 14.8. The van der Waals surface area contributed by atoms with Gasteiger partial charge in [-0.15, -0.1) is 0 Å².